The van der Waals surface area contributed by atoms with Crippen LogP contribution in [0.3, 0.4) is 0 Å². The monoisotopic (exact) mass is 516 g/mol. The molecular formula is C30H28O8. The van der Waals surface area contributed by atoms with E-state index in [4.69, 9.17) is 23.4 Å². The van der Waals surface area contributed by atoms with E-state index in [0.29, 0.717) is 29.2 Å². The maximum atomic E-state index is 13.2. The minimum Gasteiger partial charge on any atom is -0.474 e. The van der Waals surface area contributed by atoms with Crippen LogP contribution in [0.2, 0.25) is 0 Å². The van der Waals surface area contributed by atoms with Crippen LogP contribution in [0.25, 0.3) is 11.0 Å². The van der Waals surface area contributed by atoms with Gasteiger partial charge < -0.3 is 23.4 Å². The number of carbonyl (C=O) groups is 2. The fourth-order valence-corrected chi connectivity index (χ4v) is 3.75. The Morgan fingerprint density at radius 2 is 1.61 bits per heavy atom. The molecule has 3 aromatic carbocycles. The van der Waals surface area contributed by atoms with Crippen molar-refractivity contribution in [2.75, 3.05) is 13.2 Å². The molecule has 38 heavy (non-hydrogen) atoms. The first-order valence-corrected chi connectivity index (χ1v) is 12.3. The number of carbonyl (C=O) groups excluding carboxylic acids is 2. The van der Waals surface area contributed by atoms with Crippen LogP contribution in [0, 0.1) is 6.92 Å². The zero-order valence-electron chi connectivity index (χ0n) is 21.4. The molecule has 0 radical (unpaired) electrons. The van der Waals surface area contributed by atoms with Gasteiger partial charge in [-0.05, 0) is 56.7 Å². The molecule has 1 aromatic heterocycles. The molecule has 0 aliphatic carbocycles. The van der Waals surface area contributed by atoms with E-state index in [1.807, 2.05) is 13.0 Å². The summed E-state index contributed by atoms with van der Waals surface area (Å²) < 4.78 is 28.0. The normalized spacial score (nSPS) is 11.6. The Bertz CT molecular complexity index is 1470. The summed E-state index contributed by atoms with van der Waals surface area (Å²) in [5, 5.41) is 0.283. The van der Waals surface area contributed by atoms with E-state index in [1.54, 1.807) is 80.6 Å². The summed E-state index contributed by atoms with van der Waals surface area (Å²) in [7, 11) is 0. The standard InChI is InChI=1S/C30H28O8/c1-4-17-35-29(32)21-11-13-22(14-12-21)37-27-19(3)36-25-18-23(15-16-24(25)26(27)31)38-28(30(33)34-5-2)20-9-7-6-8-10-20/h6-16,18,28H,4-5,17H2,1-3H3. The van der Waals surface area contributed by atoms with Gasteiger partial charge in [0.15, 0.2) is 0 Å². The molecular weight excluding hydrogens is 488 g/mol. The van der Waals surface area contributed by atoms with Crippen LogP contribution in [-0.2, 0) is 14.3 Å². The van der Waals surface area contributed by atoms with Crippen LogP contribution in [0.4, 0.5) is 0 Å². The van der Waals surface area contributed by atoms with Crippen LogP contribution < -0.4 is 14.9 Å². The molecule has 1 unspecified atom stereocenters. The van der Waals surface area contributed by atoms with Gasteiger partial charge in [0.25, 0.3) is 0 Å². The van der Waals surface area contributed by atoms with Gasteiger partial charge in [0.1, 0.15) is 22.8 Å². The zero-order chi connectivity index (χ0) is 27.1. The zero-order valence-corrected chi connectivity index (χ0v) is 21.4. The van der Waals surface area contributed by atoms with Crippen molar-refractivity contribution in [3.8, 4) is 17.2 Å². The number of esters is 2. The summed E-state index contributed by atoms with van der Waals surface area (Å²) >= 11 is 0. The molecule has 0 spiro atoms. The number of hydrogen-bond donors (Lipinski definition) is 0. The second-order valence-electron chi connectivity index (χ2n) is 8.40. The first kappa shape index (κ1) is 26.5. The molecule has 0 bridgehead atoms. The van der Waals surface area contributed by atoms with Crippen molar-refractivity contribution in [1.29, 1.82) is 0 Å². The van der Waals surface area contributed by atoms with Crippen molar-refractivity contribution in [2.45, 2.75) is 33.3 Å². The van der Waals surface area contributed by atoms with Gasteiger partial charge in [-0.25, -0.2) is 9.59 Å². The molecule has 0 saturated heterocycles. The lowest BCUT2D eigenvalue weighted by atomic mass is 10.1. The molecule has 0 aliphatic heterocycles. The van der Waals surface area contributed by atoms with E-state index in [0.717, 1.165) is 6.42 Å². The molecule has 8 nitrogen and oxygen atoms in total. The van der Waals surface area contributed by atoms with Gasteiger partial charge in [-0.3, -0.25) is 4.79 Å². The van der Waals surface area contributed by atoms with Crippen molar-refractivity contribution < 1.29 is 33.0 Å². The van der Waals surface area contributed by atoms with Gasteiger partial charge in [-0.2, -0.15) is 0 Å². The summed E-state index contributed by atoms with van der Waals surface area (Å²) in [6.45, 7) is 5.82. The van der Waals surface area contributed by atoms with Gasteiger partial charge in [0, 0.05) is 11.6 Å². The Balaban J connectivity index is 1.58. The predicted molar refractivity (Wildman–Crippen MR) is 141 cm³/mol. The van der Waals surface area contributed by atoms with Gasteiger partial charge in [0.05, 0.1) is 24.2 Å². The molecule has 4 aromatic rings. The van der Waals surface area contributed by atoms with Crippen LogP contribution in [0.15, 0.2) is 82.0 Å². The van der Waals surface area contributed by atoms with Crippen molar-refractivity contribution >= 4 is 22.9 Å². The third-order valence-electron chi connectivity index (χ3n) is 5.59. The quantitative estimate of drug-likeness (QED) is 0.232. The summed E-state index contributed by atoms with van der Waals surface area (Å²) in [4.78, 5) is 37.8. The lowest BCUT2D eigenvalue weighted by Gasteiger charge is -2.18. The summed E-state index contributed by atoms with van der Waals surface area (Å²) in [5.74, 6) is 0.0467. The summed E-state index contributed by atoms with van der Waals surface area (Å²) in [6.07, 6.45) is -0.248. The minimum atomic E-state index is -0.980. The molecule has 4 rings (SSSR count). The van der Waals surface area contributed by atoms with E-state index in [9.17, 15) is 14.4 Å². The SMILES string of the molecule is CCCOC(=O)c1ccc(Oc2c(C)oc3cc(OC(C(=O)OCC)c4ccccc4)ccc3c2=O)cc1. The van der Waals surface area contributed by atoms with Gasteiger partial charge in [-0.15, -0.1) is 0 Å². The largest absolute Gasteiger partial charge is 0.474 e. The average molecular weight is 517 g/mol. The Morgan fingerprint density at radius 1 is 0.895 bits per heavy atom. The average Bonchev–Trinajstić information content (AvgIpc) is 2.93. The van der Waals surface area contributed by atoms with Crippen LogP contribution in [-0.4, -0.2) is 25.2 Å². The lowest BCUT2D eigenvalue weighted by molar-refractivity contribution is -0.151. The van der Waals surface area contributed by atoms with Gasteiger partial charge >= 0.3 is 11.9 Å². The smallest absolute Gasteiger partial charge is 0.352 e. The Hall–Kier alpha value is -4.59. The fraction of sp³-hybridized carbons (Fsp3) is 0.233. The predicted octanol–water partition coefficient (Wildman–Crippen LogP) is 6.14. The molecule has 0 fully saturated rings. The maximum Gasteiger partial charge on any atom is 0.352 e. The van der Waals surface area contributed by atoms with E-state index in [2.05, 4.69) is 0 Å². The Kier molecular flexibility index (Phi) is 8.43. The third kappa shape index (κ3) is 6.03. The number of rotatable bonds is 10. The highest BCUT2D eigenvalue weighted by Gasteiger charge is 2.24. The molecule has 0 N–H and O–H groups in total. The second kappa shape index (κ2) is 12.1. The number of benzene rings is 3. The number of fused-ring (bicyclic) bond motifs is 1. The van der Waals surface area contributed by atoms with Crippen molar-refractivity contribution in [3.05, 3.63) is 99.9 Å². The minimum absolute atomic E-state index is 0.0289. The van der Waals surface area contributed by atoms with Crippen LogP contribution >= 0.6 is 0 Å². The molecule has 196 valence electrons. The number of hydrogen-bond acceptors (Lipinski definition) is 8. The Morgan fingerprint density at radius 3 is 2.29 bits per heavy atom. The second-order valence-corrected chi connectivity index (χ2v) is 8.40. The third-order valence-corrected chi connectivity index (χ3v) is 5.59. The first-order chi connectivity index (χ1) is 18.4. The maximum absolute atomic E-state index is 13.2. The molecule has 1 heterocycles. The van der Waals surface area contributed by atoms with Gasteiger partial charge in [0.2, 0.25) is 17.3 Å². The van der Waals surface area contributed by atoms with Crippen LogP contribution in [0.5, 0.6) is 17.2 Å². The van der Waals surface area contributed by atoms with Gasteiger partial charge in [-0.1, -0.05) is 37.3 Å². The highest BCUT2D eigenvalue weighted by atomic mass is 16.6. The highest BCUT2D eigenvalue weighted by Crippen LogP contribution is 2.30. The topological polar surface area (TPSA) is 101 Å². The first-order valence-electron chi connectivity index (χ1n) is 12.3. The van der Waals surface area contributed by atoms with Crippen molar-refractivity contribution in [3.63, 3.8) is 0 Å². The number of ether oxygens (including phenoxy) is 4. The Labute approximate surface area is 219 Å². The van der Waals surface area contributed by atoms with Crippen molar-refractivity contribution in [1.82, 2.24) is 0 Å². The van der Waals surface area contributed by atoms with E-state index >= 15 is 0 Å². The molecule has 1 atom stereocenters. The molecule has 0 aliphatic rings. The van der Waals surface area contributed by atoms with Crippen molar-refractivity contribution in [2.24, 2.45) is 0 Å². The van der Waals surface area contributed by atoms with Crippen LogP contribution in [0.1, 0.15) is 48.1 Å². The van der Waals surface area contributed by atoms with E-state index < -0.39 is 18.0 Å². The van der Waals surface area contributed by atoms with E-state index in [-0.39, 0.29) is 34.5 Å². The highest BCUT2D eigenvalue weighted by molar-refractivity contribution is 5.89. The molecule has 0 saturated carbocycles. The molecule has 0 amide bonds. The lowest BCUT2D eigenvalue weighted by Crippen LogP contribution is -2.21. The fourth-order valence-electron chi connectivity index (χ4n) is 3.75. The summed E-state index contributed by atoms with van der Waals surface area (Å²) in [5.41, 5.74) is 0.933. The number of aryl methyl sites for hydroxylation is 1. The molecule has 8 heteroatoms. The summed E-state index contributed by atoms with van der Waals surface area (Å²) in [6, 6.07) is 20.0. The van der Waals surface area contributed by atoms with E-state index in [1.165, 1.54) is 0 Å².